The molecule has 4 heteroatoms. The highest BCUT2D eigenvalue weighted by Gasteiger charge is 2.18. The van der Waals surface area contributed by atoms with Crippen LogP contribution in [-0.4, -0.2) is 21.1 Å². The van der Waals surface area contributed by atoms with Crippen molar-refractivity contribution in [2.45, 2.75) is 0 Å². The van der Waals surface area contributed by atoms with Crippen LogP contribution in [0.4, 0.5) is 0 Å². The van der Waals surface area contributed by atoms with Crippen LogP contribution in [0, 0.1) is 0 Å². The minimum absolute atomic E-state index is 0.774. The number of para-hydroxylation sites is 1. The molecule has 1 aliphatic heterocycles. The lowest BCUT2D eigenvalue weighted by atomic mass is 9.96. The van der Waals surface area contributed by atoms with E-state index in [-0.39, 0.29) is 0 Å². The van der Waals surface area contributed by atoms with E-state index >= 15 is 0 Å². The highest BCUT2D eigenvalue weighted by Crippen LogP contribution is 2.39. The van der Waals surface area contributed by atoms with Gasteiger partial charge in [-0.1, -0.05) is 91.0 Å². The van der Waals surface area contributed by atoms with Crippen molar-refractivity contribution in [3.8, 4) is 27.9 Å². The van der Waals surface area contributed by atoms with Crippen molar-refractivity contribution in [1.82, 2.24) is 19.9 Å². The lowest BCUT2D eigenvalue weighted by Crippen LogP contribution is -2.14. The van der Waals surface area contributed by atoms with Gasteiger partial charge in [0.2, 0.25) is 0 Å². The molecule has 4 nitrogen and oxygen atoms in total. The fraction of sp³-hybridized carbons (Fsp3) is 0.0233. The fourth-order valence-electron chi connectivity index (χ4n) is 6.89. The molecular formula is C43H30N4. The molecule has 0 amide bonds. The first-order chi connectivity index (χ1) is 23.3. The normalized spacial score (nSPS) is 13.0. The Morgan fingerprint density at radius 2 is 1.21 bits per heavy atom. The van der Waals surface area contributed by atoms with E-state index in [0.29, 0.717) is 0 Å². The third kappa shape index (κ3) is 4.79. The van der Waals surface area contributed by atoms with Crippen LogP contribution in [0.3, 0.4) is 0 Å². The second kappa shape index (κ2) is 11.3. The number of nitrogens with one attached hydrogen (secondary N) is 1. The number of benzene rings is 5. The predicted molar refractivity (Wildman–Crippen MR) is 195 cm³/mol. The van der Waals surface area contributed by atoms with Gasteiger partial charge in [0, 0.05) is 64.9 Å². The minimum atomic E-state index is 0.774. The Morgan fingerprint density at radius 3 is 1.98 bits per heavy atom. The summed E-state index contributed by atoms with van der Waals surface area (Å²) in [6.07, 6.45) is 11.8. The molecule has 0 bridgehead atoms. The molecule has 8 aromatic rings. The molecule has 5 aromatic carbocycles. The quantitative estimate of drug-likeness (QED) is 0.213. The summed E-state index contributed by atoms with van der Waals surface area (Å²) in [5, 5.41) is 8.45. The number of aromatic nitrogens is 3. The van der Waals surface area contributed by atoms with Crippen molar-refractivity contribution in [2.75, 3.05) is 6.54 Å². The fourth-order valence-corrected chi connectivity index (χ4v) is 6.89. The lowest BCUT2D eigenvalue weighted by Gasteiger charge is -2.17. The van der Waals surface area contributed by atoms with Gasteiger partial charge in [0.25, 0.3) is 0 Å². The van der Waals surface area contributed by atoms with Crippen molar-refractivity contribution in [2.24, 2.45) is 0 Å². The average Bonchev–Trinajstić information content (AvgIpc) is 3.50. The molecule has 4 heterocycles. The summed E-state index contributed by atoms with van der Waals surface area (Å²) >= 11 is 0. The molecule has 1 N–H and O–H groups in total. The van der Waals surface area contributed by atoms with Crippen molar-refractivity contribution in [3.63, 3.8) is 0 Å². The van der Waals surface area contributed by atoms with Crippen LogP contribution in [-0.2, 0) is 0 Å². The third-order valence-corrected chi connectivity index (χ3v) is 9.22. The number of hydrogen-bond donors (Lipinski definition) is 1. The van der Waals surface area contributed by atoms with Crippen molar-refractivity contribution < 1.29 is 0 Å². The predicted octanol–water partition coefficient (Wildman–Crippen LogP) is 10.1. The van der Waals surface area contributed by atoms with Gasteiger partial charge in [-0.05, 0) is 86.8 Å². The maximum atomic E-state index is 4.33. The molecule has 1 aliphatic rings. The number of fused-ring (bicyclic) bond motifs is 5. The van der Waals surface area contributed by atoms with E-state index in [4.69, 9.17) is 0 Å². The summed E-state index contributed by atoms with van der Waals surface area (Å²) in [6, 6.07) is 46.0. The number of hydrogen-bond acceptors (Lipinski definition) is 3. The van der Waals surface area contributed by atoms with Gasteiger partial charge in [0.1, 0.15) is 0 Å². The summed E-state index contributed by atoms with van der Waals surface area (Å²) in [7, 11) is 0. The Hall–Kier alpha value is -6.26. The standard InChI is InChI=1S/C43H30N4/c1-2-8-38(9-3-1)47-42-24-32(36-23-37(28-46-27-36)35-7-5-21-45-26-35)15-18-40(42)41-19-16-33-22-31(14-17-39(33)43(41)47)29-10-12-30(13-11-29)34-6-4-20-44-25-34/h1-26,28,46H,27H2. The van der Waals surface area contributed by atoms with E-state index in [0.717, 1.165) is 28.9 Å². The molecule has 0 saturated carbocycles. The Balaban J connectivity index is 1.19. The Bertz CT molecular complexity index is 2470. The van der Waals surface area contributed by atoms with E-state index in [1.807, 2.05) is 36.9 Å². The zero-order valence-electron chi connectivity index (χ0n) is 25.6. The zero-order valence-corrected chi connectivity index (χ0v) is 25.6. The largest absolute Gasteiger partial charge is 0.386 e. The number of rotatable bonds is 5. The molecule has 0 atom stereocenters. The van der Waals surface area contributed by atoms with E-state index in [1.54, 1.807) is 0 Å². The highest BCUT2D eigenvalue weighted by molar-refractivity contribution is 6.19. The van der Waals surface area contributed by atoms with Crippen LogP contribution in [0.25, 0.3) is 71.7 Å². The van der Waals surface area contributed by atoms with Gasteiger partial charge in [0.15, 0.2) is 0 Å². The molecule has 47 heavy (non-hydrogen) atoms. The molecule has 0 radical (unpaired) electrons. The summed E-state index contributed by atoms with van der Waals surface area (Å²) < 4.78 is 2.44. The third-order valence-electron chi connectivity index (χ3n) is 9.22. The molecule has 3 aromatic heterocycles. The first-order valence-corrected chi connectivity index (χ1v) is 15.9. The van der Waals surface area contributed by atoms with E-state index < -0.39 is 0 Å². The summed E-state index contributed by atoms with van der Waals surface area (Å²) in [4.78, 5) is 8.60. The molecule has 0 saturated heterocycles. The van der Waals surface area contributed by atoms with Gasteiger partial charge in [0.05, 0.1) is 11.0 Å². The number of dihydropyridines is 1. The summed E-state index contributed by atoms with van der Waals surface area (Å²) in [5.74, 6) is 0. The average molecular weight is 603 g/mol. The monoisotopic (exact) mass is 602 g/mol. The molecule has 0 unspecified atom stereocenters. The van der Waals surface area contributed by atoms with Crippen LogP contribution in [0.1, 0.15) is 11.1 Å². The summed E-state index contributed by atoms with van der Waals surface area (Å²) in [6.45, 7) is 0.774. The van der Waals surface area contributed by atoms with Crippen LogP contribution in [0.2, 0.25) is 0 Å². The van der Waals surface area contributed by atoms with Crippen molar-refractivity contribution in [3.05, 3.63) is 176 Å². The van der Waals surface area contributed by atoms with Crippen molar-refractivity contribution in [1.29, 1.82) is 0 Å². The molecule has 9 rings (SSSR count). The van der Waals surface area contributed by atoms with E-state index in [1.165, 1.54) is 60.4 Å². The highest BCUT2D eigenvalue weighted by atomic mass is 15.0. The smallest absolute Gasteiger partial charge is 0.0619 e. The Labute approximate surface area is 273 Å². The molecule has 0 spiro atoms. The lowest BCUT2D eigenvalue weighted by molar-refractivity contribution is 0.990. The first-order valence-electron chi connectivity index (χ1n) is 15.9. The van der Waals surface area contributed by atoms with Gasteiger partial charge in [-0.2, -0.15) is 0 Å². The maximum Gasteiger partial charge on any atom is 0.0619 e. The Kier molecular flexibility index (Phi) is 6.50. The van der Waals surface area contributed by atoms with E-state index in [9.17, 15) is 0 Å². The molecule has 0 aliphatic carbocycles. The number of allylic oxidation sites excluding steroid dienone is 2. The zero-order chi connectivity index (χ0) is 31.2. The van der Waals surface area contributed by atoms with Gasteiger partial charge >= 0.3 is 0 Å². The second-order valence-corrected chi connectivity index (χ2v) is 12.0. The molecular weight excluding hydrogens is 573 g/mol. The van der Waals surface area contributed by atoms with Crippen LogP contribution in [0.15, 0.2) is 164 Å². The van der Waals surface area contributed by atoms with Crippen LogP contribution < -0.4 is 5.32 Å². The first kappa shape index (κ1) is 27.1. The van der Waals surface area contributed by atoms with Gasteiger partial charge in [-0.15, -0.1) is 0 Å². The van der Waals surface area contributed by atoms with Crippen LogP contribution >= 0.6 is 0 Å². The van der Waals surface area contributed by atoms with Crippen LogP contribution in [0.5, 0.6) is 0 Å². The molecule has 0 fully saturated rings. The number of nitrogens with zero attached hydrogens (tertiary/aromatic N) is 3. The van der Waals surface area contributed by atoms with Gasteiger partial charge < -0.3 is 9.88 Å². The van der Waals surface area contributed by atoms with Gasteiger partial charge in [-0.25, -0.2) is 0 Å². The van der Waals surface area contributed by atoms with Gasteiger partial charge in [-0.3, -0.25) is 9.97 Å². The number of pyridine rings is 2. The maximum absolute atomic E-state index is 4.33. The van der Waals surface area contributed by atoms with Crippen molar-refractivity contribution >= 4 is 43.7 Å². The van der Waals surface area contributed by atoms with E-state index in [2.05, 4.69) is 147 Å². The SMILES string of the molecule is C1=C(c2cccnc2)C=C(c2ccc3c4ccc5cc(-c6ccc(-c7cccnc7)cc6)ccc5c4n(-c4ccccc4)c3c2)CN1. The second-order valence-electron chi connectivity index (χ2n) is 12.0. The Morgan fingerprint density at radius 1 is 0.532 bits per heavy atom. The minimum Gasteiger partial charge on any atom is -0.386 e. The topological polar surface area (TPSA) is 42.7 Å². The molecule has 222 valence electrons. The summed E-state index contributed by atoms with van der Waals surface area (Å²) in [5.41, 5.74) is 13.0.